The van der Waals surface area contributed by atoms with E-state index in [1.807, 2.05) is 20.8 Å². The molecule has 0 saturated carbocycles. The summed E-state index contributed by atoms with van der Waals surface area (Å²) >= 11 is 0. The van der Waals surface area contributed by atoms with Gasteiger partial charge in [-0.25, -0.2) is 4.79 Å². The second kappa shape index (κ2) is 5.03. The van der Waals surface area contributed by atoms with Gasteiger partial charge in [0.25, 0.3) is 5.69 Å². The van der Waals surface area contributed by atoms with E-state index < -0.39 is 10.9 Å². The van der Waals surface area contributed by atoms with Gasteiger partial charge in [-0.3, -0.25) is 10.1 Å². The van der Waals surface area contributed by atoms with E-state index in [1.54, 1.807) is 0 Å². The number of nitrogens with one attached hydrogen (secondary N) is 1. The minimum Gasteiger partial charge on any atom is -0.478 e. The fourth-order valence-electron chi connectivity index (χ4n) is 1.37. The molecular formula is C12H16N2O4. The minimum absolute atomic E-state index is 0.0958. The number of benzene rings is 1. The fraction of sp³-hybridized carbons (Fsp3) is 0.417. The van der Waals surface area contributed by atoms with Gasteiger partial charge >= 0.3 is 5.97 Å². The zero-order valence-corrected chi connectivity index (χ0v) is 10.6. The molecule has 0 atom stereocenters. The third kappa shape index (κ3) is 3.19. The van der Waals surface area contributed by atoms with E-state index in [2.05, 4.69) is 5.32 Å². The highest BCUT2D eigenvalue weighted by molar-refractivity contribution is 5.89. The van der Waals surface area contributed by atoms with Crippen molar-refractivity contribution in [2.24, 2.45) is 0 Å². The van der Waals surface area contributed by atoms with Crippen molar-refractivity contribution in [1.82, 2.24) is 0 Å². The van der Waals surface area contributed by atoms with Crippen molar-refractivity contribution in [3.05, 3.63) is 33.9 Å². The van der Waals surface area contributed by atoms with Crippen molar-refractivity contribution < 1.29 is 14.8 Å². The molecule has 18 heavy (non-hydrogen) atoms. The molecule has 2 N–H and O–H groups in total. The summed E-state index contributed by atoms with van der Waals surface area (Å²) in [5.74, 6) is -1.18. The van der Waals surface area contributed by atoms with Crippen LogP contribution in [0.15, 0.2) is 18.2 Å². The molecule has 0 unspecified atom stereocenters. The molecule has 0 aromatic heterocycles. The molecule has 0 amide bonds. The summed E-state index contributed by atoms with van der Waals surface area (Å²) in [7, 11) is 0. The van der Waals surface area contributed by atoms with Gasteiger partial charge in [-0.1, -0.05) is 6.92 Å². The van der Waals surface area contributed by atoms with Crippen LogP contribution in [0.5, 0.6) is 0 Å². The van der Waals surface area contributed by atoms with Gasteiger partial charge < -0.3 is 10.4 Å². The molecule has 6 nitrogen and oxygen atoms in total. The Morgan fingerprint density at radius 3 is 2.56 bits per heavy atom. The van der Waals surface area contributed by atoms with Crippen LogP contribution in [-0.2, 0) is 0 Å². The molecule has 1 aromatic carbocycles. The number of nitro benzene ring substituents is 1. The number of rotatable bonds is 5. The first-order chi connectivity index (χ1) is 8.26. The third-order valence-electron chi connectivity index (χ3n) is 2.80. The molecule has 0 fully saturated rings. The average Bonchev–Trinajstić information content (AvgIpc) is 2.28. The molecule has 0 radical (unpaired) electrons. The van der Waals surface area contributed by atoms with E-state index in [9.17, 15) is 14.9 Å². The molecule has 0 aliphatic carbocycles. The number of nitrogens with zero attached hydrogens (tertiary/aromatic N) is 1. The van der Waals surface area contributed by atoms with E-state index in [1.165, 1.54) is 12.1 Å². The van der Waals surface area contributed by atoms with Crippen molar-refractivity contribution >= 4 is 17.3 Å². The summed E-state index contributed by atoms with van der Waals surface area (Å²) < 4.78 is 0. The van der Waals surface area contributed by atoms with Crippen molar-refractivity contribution in [1.29, 1.82) is 0 Å². The Morgan fingerprint density at radius 1 is 1.50 bits per heavy atom. The van der Waals surface area contributed by atoms with Crippen molar-refractivity contribution in [2.45, 2.75) is 32.7 Å². The second-order valence-corrected chi connectivity index (χ2v) is 4.66. The summed E-state index contributed by atoms with van der Waals surface area (Å²) in [6.07, 6.45) is 0.783. The number of carbonyl (C=O) groups is 1. The summed E-state index contributed by atoms with van der Waals surface area (Å²) in [6, 6.07) is 3.85. The summed E-state index contributed by atoms with van der Waals surface area (Å²) in [5, 5.41) is 22.8. The molecule has 0 saturated heterocycles. The van der Waals surface area contributed by atoms with Crippen molar-refractivity contribution in [3.63, 3.8) is 0 Å². The van der Waals surface area contributed by atoms with Gasteiger partial charge in [0.2, 0.25) is 0 Å². The van der Waals surface area contributed by atoms with E-state index in [4.69, 9.17) is 5.11 Å². The molecular weight excluding hydrogens is 236 g/mol. The van der Waals surface area contributed by atoms with Crippen LogP contribution in [0.25, 0.3) is 0 Å². The van der Waals surface area contributed by atoms with E-state index >= 15 is 0 Å². The average molecular weight is 252 g/mol. The zero-order chi connectivity index (χ0) is 13.9. The van der Waals surface area contributed by atoms with Gasteiger partial charge in [-0.05, 0) is 32.4 Å². The number of carboxylic acid groups (broad SMARTS) is 1. The molecule has 0 aliphatic rings. The zero-order valence-electron chi connectivity index (χ0n) is 10.6. The lowest BCUT2D eigenvalue weighted by molar-refractivity contribution is -0.384. The van der Waals surface area contributed by atoms with Crippen LogP contribution >= 0.6 is 0 Å². The number of nitro groups is 1. The van der Waals surface area contributed by atoms with E-state index in [0.29, 0.717) is 5.69 Å². The Hall–Kier alpha value is -2.11. The first-order valence-electron chi connectivity index (χ1n) is 5.57. The molecule has 1 aromatic rings. The lowest BCUT2D eigenvalue weighted by Crippen LogP contribution is -2.30. The lowest BCUT2D eigenvalue weighted by Gasteiger charge is -2.25. The minimum atomic E-state index is -1.18. The third-order valence-corrected chi connectivity index (χ3v) is 2.80. The lowest BCUT2D eigenvalue weighted by atomic mass is 10.0. The largest absolute Gasteiger partial charge is 0.478 e. The fourth-order valence-corrected chi connectivity index (χ4v) is 1.37. The van der Waals surface area contributed by atoms with Gasteiger partial charge in [0, 0.05) is 11.6 Å². The Bertz CT molecular complexity index is 483. The highest BCUT2D eigenvalue weighted by Gasteiger charge is 2.22. The normalized spacial score (nSPS) is 11.1. The first kappa shape index (κ1) is 14.0. The number of hydrogen-bond acceptors (Lipinski definition) is 4. The first-order valence-corrected chi connectivity index (χ1v) is 5.57. The SMILES string of the molecule is CCC(C)(C)Nc1ccc(C(=O)O)cc1[N+](=O)[O-]. The quantitative estimate of drug-likeness (QED) is 0.620. The maximum absolute atomic E-state index is 10.9. The van der Waals surface area contributed by atoms with Crippen LogP contribution in [0, 0.1) is 10.1 Å². The Kier molecular flexibility index (Phi) is 3.90. The van der Waals surface area contributed by atoms with Crippen LogP contribution < -0.4 is 5.32 Å². The number of hydrogen-bond donors (Lipinski definition) is 2. The Balaban J connectivity index is 3.20. The van der Waals surface area contributed by atoms with Crippen molar-refractivity contribution in [3.8, 4) is 0 Å². The topological polar surface area (TPSA) is 92.5 Å². The van der Waals surface area contributed by atoms with E-state index in [-0.39, 0.29) is 16.8 Å². The molecule has 1 rings (SSSR count). The standard InChI is InChI=1S/C12H16N2O4/c1-4-12(2,3)13-9-6-5-8(11(15)16)7-10(9)14(17)18/h5-7,13H,4H2,1-3H3,(H,15,16). The molecule has 6 heteroatoms. The van der Waals surface area contributed by atoms with Crippen LogP contribution in [-0.4, -0.2) is 21.5 Å². The molecule has 98 valence electrons. The van der Waals surface area contributed by atoms with Gasteiger partial charge in [0.1, 0.15) is 5.69 Å². The van der Waals surface area contributed by atoms with Crippen molar-refractivity contribution in [2.75, 3.05) is 5.32 Å². The molecule has 0 aliphatic heterocycles. The van der Waals surface area contributed by atoms with Crippen LogP contribution in [0.4, 0.5) is 11.4 Å². The molecule has 0 bridgehead atoms. The van der Waals surface area contributed by atoms with Gasteiger partial charge in [-0.2, -0.15) is 0 Å². The van der Waals surface area contributed by atoms with E-state index in [0.717, 1.165) is 12.5 Å². The van der Waals surface area contributed by atoms with Gasteiger partial charge in [-0.15, -0.1) is 0 Å². The van der Waals surface area contributed by atoms with Gasteiger partial charge in [0.05, 0.1) is 10.5 Å². The predicted octanol–water partition coefficient (Wildman–Crippen LogP) is 2.89. The highest BCUT2D eigenvalue weighted by Crippen LogP contribution is 2.29. The highest BCUT2D eigenvalue weighted by atomic mass is 16.6. The monoisotopic (exact) mass is 252 g/mol. The van der Waals surface area contributed by atoms with Crippen LogP contribution in [0.3, 0.4) is 0 Å². The maximum atomic E-state index is 10.9. The van der Waals surface area contributed by atoms with Crippen LogP contribution in [0.1, 0.15) is 37.6 Å². The second-order valence-electron chi connectivity index (χ2n) is 4.66. The predicted molar refractivity (Wildman–Crippen MR) is 68.0 cm³/mol. The molecule has 0 heterocycles. The number of anilines is 1. The maximum Gasteiger partial charge on any atom is 0.335 e. The summed E-state index contributed by atoms with van der Waals surface area (Å²) in [5.41, 5.74) is -0.287. The summed E-state index contributed by atoms with van der Waals surface area (Å²) in [6.45, 7) is 5.80. The molecule has 0 spiro atoms. The number of aromatic carboxylic acids is 1. The Labute approximate surface area is 105 Å². The van der Waals surface area contributed by atoms with Crippen LogP contribution in [0.2, 0.25) is 0 Å². The Morgan fingerprint density at radius 2 is 2.11 bits per heavy atom. The number of carboxylic acids is 1. The smallest absolute Gasteiger partial charge is 0.335 e. The summed E-state index contributed by atoms with van der Waals surface area (Å²) in [4.78, 5) is 21.1. The van der Waals surface area contributed by atoms with Gasteiger partial charge in [0.15, 0.2) is 0 Å².